The van der Waals surface area contributed by atoms with Gasteiger partial charge in [0, 0.05) is 18.0 Å². The number of rotatable bonds is 3. The molecule has 0 bridgehead atoms. The van der Waals surface area contributed by atoms with Gasteiger partial charge >= 0.3 is 0 Å². The van der Waals surface area contributed by atoms with Crippen LogP contribution in [-0.4, -0.2) is 36.2 Å². The van der Waals surface area contributed by atoms with Crippen LogP contribution in [0.1, 0.15) is 18.0 Å². The monoisotopic (exact) mass is 232 g/mol. The molecule has 1 aliphatic heterocycles. The highest BCUT2D eigenvalue weighted by Crippen LogP contribution is 2.36. The van der Waals surface area contributed by atoms with Gasteiger partial charge in [-0.2, -0.15) is 4.99 Å². The molecule has 4 nitrogen and oxygen atoms in total. The number of phenols is 1. The van der Waals surface area contributed by atoms with E-state index in [1.54, 1.807) is 18.2 Å². The predicted molar refractivity (Wildman–Crippen MR) is 64.6 cm³/mol. The number of benzene rings is 1. The molecule has 0 spiro atoms. The Labute approximate surface area is 101 Å². The molecule has 0 aromatic heterocycles. The summed E-state index contributed by atoms with van der Waals surface area (Å²) in [7, 11) is 2.05. The molecule has 2 atom stereocenters. The fourth-order valence-corrected chi connectivity index (χ4v) is 2.45. The summed E-state index contributed by atoms with van der Waals surface area (Å²) in [6, 6.07) is 6.78. The first-order valence-corrected chi connectivity index (χ1v) is 5.76. The van der Waals surface area contributed by atoms with E-state index in [0.717, 1.165) is 25.1 Å². The van der Waals surface area contributed by atoms with Crippen molar-refractivity contribution < 1.29 is 9.90 Å². The first kappa shape index (κ1) is 11.8. The van der Waals surface area contributed by atoms with Crippen molar-refractivity contribution in [1.82, 2.24) is 4.90 Å². The second kappa shape index (κ2) is 5.13. The molecule has 2 unspecified atom stereocenters. The number of hydrogen-bond donors (Lipinski definition) is 1. The molecule has 17 heavy (non-hydrogen) atoms. The van der Waals surface area contributed by atoms with E-state index in [1.165, 1.54) is 0 Å². The summed E-state index contributed by atoms with van der Waals surface area (Å²) in [6.07, 6.45) is 2.62. The minimum absolute atomic E-state index is 0.200. The Balaban J connectivity index is 2.29. The van der Waals surface area contributed by atoms with Gasteiger partial charge in [0.1, 0.15) is 5.75 Å². The Morgan fingerprint density at radius 3 is 2.88 bits per heavy atom. The van der Waals surface area contributed by atoms with Crippen molar-refractivity contribution in [3.05, 3.63) is 29.8 Å². The lowest BCUT2D eigenvalue weighted by Crippen LogP contribution is -2.17. The van der Waals surface area contributed by atoms with Crippen LogP contribution in [0.4, 0.5) is 0 Å². The van der Waals surface area contributed by atoms with Crippen LogP contribution < -0.4 is 0 Å². The topological polar surface area (TPSA) is 52.9 Å². The summed E-state index contributed by atoms with van der Waals surface area (Å²) >= 11 is 0. The fraction of sp³-hybridized carbons (Fsp3) is 0.462. The van der Waals surface area contributed by atoms with Crippen LogP contribution in [-0.2, 0) is 4.79 Å². The van der Waals surface area contributed by atoms with Crippen molar-refractivity contribution in [1.29, 1.82) is 0 Å². The molecule has 4 heteroatoms. The Morgan fingerprint density at radius 1 is 1.53 bits per heavy atom. The van der Waals surface area contributed by atoms with Crippen LogP contribution in [0, 0.1) is 5.92 Å². The van der Waals surface area contributed by atoms with E-state index in [2.05, 4.69) is 9.89 Å². The third-order valence-corrected chi connectivity index (χ3v) is 3.32. The molecule has 2 rings (SSSR count). The van der Waals surface area contributed by atoms with Gasteiger partial charge in [-0.15, -0.1) is 0 Å². The minimum atomic E-state index is -0.279. The predicted octanol–water partition coefficient (Wildman–Crippen LogP) is 1.72. The molecule has 1 heterocycles. The lowest BCUT2D eigenvalue weighted by Gasteiger charge is -2.19. The lowest BCUT2D eigenvalue weighted by atomic mass is 9.92. The van der Waals surface area contributed by atoms with E-state index in [1.807, 2.05) is 19.2 Å². The SMILES string of the molecule is CN1CCC(C(N=C=O)c2ccccc2O)C1. The molecule has 1 aromatic carbocycles. The molecular formula is C13H16N2O2. The number of aliphatic imine (C=N–C) groups is 1. The van der Waals surface area contributed by atoms with Gasteiger partial charge in [0.25, 0.3) is 0 Å². The summed E-state index contributed by atoms with van der Waals surface area (Å²) < 4.78 is 0. The number of aromatic hydroxyl groups is 1. The second-order valence-corrected chi connectivity index (χ2v) is 4.54. The van der Waals surface area contributed by atoms with Crippen LogP contribution in [0.5, 0.6) is 5.75 Å². The number of phenolic OH excluding ortho intramolecular Hbond substituents is 1. The molecule has 1 aliphatic rings. The number of para-hydroxylation sites is 1. The van der Waals surface area contributed by atoms with E-state index in [9.17, 15) is 9.90 Å². The van der Waals surface area contributed by atoms with Crippen LogP contribution in [0.25, 0.3) is 0 Å². The maximum Gasteiger partial charge on any atom is 0.235 e. The highest BCUT2D eigenvalue weighted by Gasteiger charge is 2.30. The minimum Gasteiger partial charge on any atom is -0.508 e. The normalized spacial score (nSPS) is 22.1. The highest BCUT2D eigenvalue weighted by molar-refractivity contribution is 5.40. The van der Waals surface area contributed by atoms with Crippen molar-refractivity contribution in [3.8, 4) is 5.75 Å². The maximum atomic E-state index is 10.6. The summed E-state index contributed by atoms with van der Waals surface area (Å²) in [4.78, 5) is 16.6. The Kier molecular flexibility index (Phi) is 3.57. The van der Waals surface area contributed by atoms with Crippen LogP contribution in [0.3, 0.4) is 0 Å². The number of nitrogens with zero attached hydrogens (tertiary/aromatic N) is 2. The quantitative estimate of drug-likeness (QED) is 0.637. The molecule has 0 saturated carbocycles. The maximum absolute atomic E-state index is 10.6. The summed E-state index contributed by atoms with van der Waals surface area (Å²) in [5.74, 6) is 0.473. The zero-order valence-corrected chi connectivity index (χ0v) is 9.84. The first-order chi connectivity index (χ1) is 8.22. The van der Waals surface area contributed by atoms with Crippen molar-refractivity contribution in [2.75, 3.05) is 20.1 Å². The van der Waals surface area contributed by atoms with Crippen molar-refractivity contribution in [3.63, 3.8) is 0 Å². The van der Waals surface area contributed by atoms with E-state index in [0.29, 0.717) is 0 Å². The Morgan fingerprint density at radius 2 is 2.29 bits per heavy atom. The van der Waals surface area contributed by atoms with E-state index >= 15 is 0 Å². The first-order valence-electron chi connectivity index (χ1n) is 5.76. The summed E-state index contributed by atoms with van der Waals surface area (Å²) in [6.45, 7) is 1.90. The highest BCUT2D eigenvalue weighted by atomic mass is 16.3. The van der Waals surface area contributed by atoms with E-state index in [4.69, 9.17) is 0 Å². The van der Waals surface area contributed by atoms with Crippen molar-refractivity contribution >= 4 is 6.08 Å². The van der Waals surface area contributed by atoms with Gasteiger partial charge in [0.2, 0.25) is 6.08 Å². The molecule has 0 aliphatic carbocycles. The van der Waals surface area contributed by atoms with Gasteiger partial charge in [-0.25, -0.2) is 4.79 Å². The molecule has 1 fully saturated rings. The van der Waals surface area contributed by atoms with Crippen LogP contribution in [0.2, 0.25) is 0 Å². The van der Waals surface area contributed by atoms with Crippen molar-refractivity contribution in [2.45, 2.75) is 12.5 Å². The zero-order chi connectivity index (χ0) is 12.3. The van der Waals surface area contributed by atoms with Gasteiger partial charge in [-0.1, -0.05) is 18.2 Å². The fourth-order valence-electron chi connectivity index (χ4n) is 2.45. The third-order valence-electron chi connectivity index (χ3n) is 3.32. The molecule has 1 saturated heterocycles. The van der Waals surface area contributed by atoms with Gasteiger partial charge in [-0.3, -0.25) is 0 Å². The van der Waals surface area contributed by atoms with Gasteiger partial charge < -0.3 is 10.0 Å². The smallest absolute Gasteiger partial charge is 0.235 e. The van der Waals surface area contributed by atoms with Crippen molar-refractivity contribution in [2.24, 2.45) is 10.9 Å². The van der Waals surface area contributed by atoms with E-state index < -0.39 is 0 Å². The molecule has 0 amide bonds. The molecule has 1 aromatic rings. The van der Waals surface area contributed by atoms with Gasteiger partial charge in [-0.05, 0) is 26.1 Å². The summed E-state index contributed by atoms with van der Waals surface area (Å²) in [5, 5.41) is 9.83. The third kappa shape index (κ3) is 2.54. The molecule has 0 radical (unpaired) electrons. The van der Waals surface area contributed by atoms with Crippen LogP contribution in [0.15, 0.2) is 29.3 Å². The molecular weight excluding hydrogens is 216 g/mol. The number of carbonyl (C=O) groups excluding carboxylic acids is 1. The molecule has 90 valence electrons. The van der Waals surface area contributed by atoms with Gasteiger partial charge in [0.15, 0.2) is 0 Å². The number of isocyanates is 1. The Hall–Kier alpha value is -1.64. The molecule has 1 N–H and O–H groups in total. The lowest BCUT2D eigenvalue weighted by molar-refractivity contribution is 0.366. The average molecular weight is 232 g/mol. The largest absolute Gasteiger partial charge is 0.508 e. The standard InChI is InChI=1S/C13H16N2O2/c1-15-7-6-10(8-15)13(14-9-16)11-4-2-3-5-12(11)17/h2-5,10,13,17H,6-8H2,1H3. The second-order valence-electron chi connectivity index (χ2n) is 4.54. The zero-order valence-electron chi connectivity index (χ0n) is 9.84. The Bertz CT molecular complexity index is 441. The van der Waals surface area contributed by atoms with E-state index in [-0.39, 0.29) is 17.7 Å². The number of hydrogen-bond acceptors (Lipinski definition) is 4. The van der Waals surface area contributed by atoms with Gasteiger partial charge in [0.05, 0.1) is 6.04 Å². The number of likely N-dealkylation sites (tertiary alicyclic amines) is 1. The average Bonchev–Trinajstić information content (AvgIpc) is 2.74. The van der Waals surface area contributed by atoms with Crippen LogP contribution >= 0.6 is 0 Å². The summed E-state index contributed by atoms with van der Waals surface area (Å²) in [5.41, 5.74) is 0.719.